The minimum Gasteiger partial charge on any atom is -0.393 e. The molecule has 29 heavy (non-hydrogen) atoms. The van der Waals surface area contributed by atoms with E-state index < -0.39 is 0 Å². The first-order valence-corrected chi connectivity index (χ1v) is 11.4. The summed E-state index contributed by atoms with van der Waals surface area (Å²) >= 11 is 0. The van der Waals surface area contributed by atoms with E-state index in [-0.39, 0.29) is 16.9 Å². The predicted octanol–water partition coefficient (Wildman–Crippen LogP) is 4.61. The number of allylic oxidation sites excluding steroid dienone is 2. The smallest absolute Gasteiger partial charge is 0.165 e. The summed E-state index contributed by atoms with van der Waals surface area (Å²) in [7, 11) is 1.94. The van der Waals surface area contributed by atoms with Crippen molar-refractivity contribution >= 4 is 11.9 Å². The van der Waals surface area contributed by atoms with Gasteiger partial charge in [-0.1, -0.05) is 25.5 Å². The number of hydrogen-bond acceptors (Lipinski definition) is 3. The molecule has 1 aromatic rings. The van der Waals surface area contributed by atoms with Crippen LogP contribution < -0.4 is 0 Å². The lowest BCUT2D eigenvalue weighted by Crippen LogP contribution is -2.50. The lowest BCUT2D eigenvalue weighted by molar-refractivity contribution is -0.130. The molecule has 1 N–H and O–H groups in total. The largest absolute Gasteiger partial charge is 0.393 e. The highest BCUT2D eigenvalue weighted by Gasteiger charge is 2.59. The number of rotatable bonds is 1. The minimum atomic E-state index is -0.209. The lowest BCUT2D eigenvalue weighted by Gasteiger charge is -2.56. The Balaban J connectivity index is 1.49. The van der Waals surface area contributed by atoms with Gasteiger partial charge in [0.2, 0.25) is 0 Å². The molecule has 4 aliphatic rings. The molecular weight excluding hydrogens is 360 g/mol. The molecule has 3 saturated carbocycles. The molecule has 0 aromatic carbocycles. The first-order valence-electron chi connectivity index (χ1n) is 11.4. The van der Waals surface area contributed by atoms with Gasteiger partial charge in [0.05, 0.1) is 11.8 Å². The quantitative estimate of drug-likeness (QED) is 0.559. The van der Waals surface area contributed by atoms with Crippen LogP contribution in [0.1, 0.15) is 70.1 Å². The van der Waals surface area contributed by atoms with Crippen LogP contribution in [0.3, 0.4) is 0 Å². The number of carbonyl (C=O) groups excluding carboxylic acids is 1. The number of nitrogens with zero attached hydrogens (tertiary/aromatic N) is 2. The van der Waals surface area contributed by atoms with E-state index in [9.17, 15) is 9.90 Å². The van der Waals surface area contributed by atoms with Gasteiger partial charge >= 0.3 is 0 Å². The van der Waals surface area contributed by atoms with Crippen molar-refractivity contribution in [3.05, 3.63) is 34.7 Å². The molecule has 1 aromatic heterocycles. The zero-order valence-electron chi connectivity index (χ0n) is 18.2. The van der Waals surface area contributed by atoms with Gasteiger partial charge in [-0.15, -0.1) is 0 Å². The van der Waals surface area contributed by atoms with Crippen molar-refractivity contribution in [2.45, 2.75) is 71.8 Å². The SMILES string of the molecule is Cc1nn(C)cc1/C=C1/C[C@@H]2[C@H]3CC=C4C[C@@H](O)CC[C@]4(C)[C@@H]3CC[C@@]2(C)C1=O. The molecule has 5 rings (SSSR count). The topological polar surface area (TPSA) is 55.1 Å². The average Bonchev–Trinajstić information content (AvgIpc) is 3.12. The van der Waals surface area contributed by atoms with Crippen molar-refractivity contribution in [1.82, 2.24) is 9.78 Å². The van der Waals surface area contributed by atoms with Crippen LogP contribution in [0.4, 0.5) is 0 Å². The number of carbonyl (C=O) groups is 1. The molecule has 0 saturated heterocycles. The number of aliphatic hydroxyl groups excluding tert-OH is 1. The van der Waals surface area contributed by atoms with Gasteiger partial charge < -0.3 is 5.11 Å². The number of aromatic nitrogens is 2. The number of aliphatic hydroxyl groups is 1. The predicted molar refractivity (Wildman–Crippen MR) is 114 cm³/mol. The number of hydrogen-bond donors (Lipinski definition) is 1. The second-order valence-corrected chi connectivity index (χ2v) is 10.7. The fourth-order valence-electron chi connectivity index (χ4n) is 7.39. The van der Waals surface area contributed by atoms with E-state index >= 15 is 0 Å². The molecule has 0 spiro atoms. The summed E-state index contributed by atoms with van der Waals surface area (Å²) < 4.78 is 1.83. The zero-order chi connectivity index (χ0) is 20.6. The van der Waals surface area contributed by atoms with E-state index in [1.807, 2.05) is 24.9 Å². The van der Waals surface area contributed by atoms with E-state index in [0.717, 1.165) is 61.8 Å². The van der Waals surface area contributed by atoms with E-state index in [1.165, 1.54) is 5.57 Å². The molecule has 3 fully saturated rings. The maximum Gasteiger partial charge on any atom is 0.165 e. The normalized spacial score (nSPS) is 43.0. The molecule has 4 aliphatic carbocycles. The Morgan fingerprint density at radius 1 is 1.17 bits per heavy atom. The van der Waals surface area contributed by atoms with Gasteiger partial charge in [0.1, 0.15) is 0 Å². The van der Waals surface area contributed by atoms with Gasteiger partial charge in [-0.05, 0) is 86.7 Å². The van der Waals surface area contributed by atoms with E-state index in [0.29, 0.717) is 23.5 Å². The molecule has 6 atom stereocenters. The van der Waals surface area contributed by atoms with Crippen LogP contribution in [0, 0.1) is 35.5 Å². The molecule has 4 nitrogen and oxygen atoms in total. The summed E-state index contributed by atoms with van der Waals surface area (Å²) in [5, 5.41) is 14.6. The molecule has 0 radical (unpaired) electrons. The molecule has 156 valence electrons. The van der Waals surface area contributed by atoms with Crippen molar-refractivity contribution in [3.8, 4) is 0 Å². The molecule has 0 aliphatic heterocycles. The highest BCUT2D eigenvalue weighted by atomic mass is 16.3. The lowest BCUT2D eigenvalue weighted by atomic mass is 9.48. The van der Waals surface area contributed by atoms with Crippen LogP contribution >= 0.6 is 0 Å². The van der Waals surface area contributed by atoms with Crippen LogP contribution in [-0.2, 0) is 11.8 Å². The highest BCUT2D eigenvalue weighted by Crippen LogP contribution is 2.64. The van der Waals surface area contributed by atoms with Gasteiger partial charge in [-0.25, -0.2) is 0 Å². The maximum atomic E-state index is 13.5. The first-order chi connectivity index (χ1) is 13.7. The molecular formula is C25H34N2O2. The summed E-state index contributed by atoms with van der Waals surface area (Å²) in [6, 6.07) is 0. The number of fused-ring (bicyclic) bond motifs is 5. The van der Waals surface area contributed by atoms with E-state index in [1.54, 1.807) is 0 Å². The van der Waals surface area contributed by atoms with Crippen LogP contribution in [0.25, 0.3) is 6.08 Å². The Bertz CT molecular complexity index is 925. The van der Waals surface area contributed by atoms with Gasteiger partial charge in [0, 0.05) is 24.2 Å². The third-order valence-electron chi connectivity index (χ3n) is 9.10. The molecule has 1 heterocycles. The monoisotopic (exact) mass is 394 g/mol. The van der Waals surface area contributed by atoms with Crippen molar-refractivity contribution in [2.75, 3.05) is 0 Å². The standard InChI is InChI=1S/C25H34N2O2/c1-15-17(14-27(4)26-15)11-16-12-22-20-6-5-18-13-19(28)7-9-24(18,2)21(20)8-10-25(22,3)23(16)29/h5,11,14,19-22,28H,6-10,12-13H2,1-4H3/b16-11-/t19-,20-,21+,22+,24-,25+/m0/s1. The van der Waals surface area contributed by atoms with Gasteiger partial charge in [-0.2, -0.15) is 5.10 Å². The number of ketones is 1. The second kappa shape index (κ2) is 6.41. The Hall–Kier alpha value is -1.68. The number of Topliss-reactive ketones (excluding diaryl/α,β-unsaturated/α-hetero) is 1. The van der Waals surface area contributed by atoms with Crippen molar-refractivity contribution < 1.29 is 9.90 Å². The summed E-state index contributed by atoms with van der Waals surface area (Å²) in [6.07, 6.45) is 13.4. The van der Waals surface area contributed by atoms with Gasteiger partial charge in [0.15, 0.2) is 5.78 Å². The molecule has 0 bridgehead atoms. The third kappa shape index (κ3) is 2.74. The summed E-state index contributed by atoms with van der Waals surface area (Å²) in [4.78, 5) is 13.5. The Morgan fingerprint density at radius 2 is 1.93 bits per heavy atom. The maximum absolute atomic E-state index is 13.5. The van der Waals surface area contributed by atoms with Crippen molar-refractivity contribution in [2.24, 2.45) is 35.6 Å². The molecule has 0 amide bonds. The fourth-order valence-corrected chi connectivity index (χ4v) is 7.39. The third-order valence-corrected chi connectivity index (χ3v) is 9.10. The van der Waals surface area contributed by atoms with Crippen LogP contribution in [-0.4, -0.2) is 26.8 Å². The Kier molecular flexibility index (Phi) is 4.26. The van der Waals surface area contributed by atoms with Crippen molar-refractivity contribution in [1.29, 1.82) is 0 Å². The van der Waals surface area contributed by atoms with Crippen LogP contribution in [0.5, 0.6) is 0 Å². The fraction of sp³-hybridized carbons (Fsp3) is 0.680. The van der Waals surface area contributed by atoms with Crippen molar-refractivity contribution in [3.63, 3.8) is 0 Å². The molecule has 0 unspecified atom stereocenters. The second-order valence-electron chi connectivity index (χ2n) is 10.7. The van der Waals surface area contributed by atoms with E-state index in [4.69, 9.17) is 0 Å². The summed E-state index contributed by atoms with van der Waals surface area (Å²) in [5.41, 5.74) is 4.58. The van der Waals surface area contributed by atoms with Gasteiger partial charge in [-0.3, -0.25) is 9.48 Å². The Morgan fingerprint density at radius 3 is 2.66 bits per heavy atom. The van der Waals surface area contributed by atoms with Gasteiger partial charge in [0.25, 0.3) is 0 Å². The first kappa shape index (κ1) is 19.3. The van der Waals surface area contributed by atoms with Crippen LogP contribution in [0.2, 0.25) is 0 Å². The van der Waals surface area contributed by atoms with Crippen LogP contribution in [0.15, 0.2) is 23.4 Å². The minimum absolute atomic E-state index is 0.162. The summed E-state index contributed by atoms with van der Waals surface area (Å²) in [6.45, 7) is 6.69. The van der Waals surface area contributed by atoms with E-state index in [2.05, 4.69) is 31.1 Å². The zero-order valence-corrected chi connectivity index (χ0v) is 18.2. The number of aryl methyl sites for hydroxylation is 2. The molecule has 4 heteroatoms. The summed E-state index contributed by atoms with van der Waals surface area (Å²) in [5.74, 6) is 2.06. The highest BCUT2D eigenvalue weighted by molar-refractivity contribution is 6.06. The Labute approximate surface area is 174 Å². The average molecular weight is 395 g/mol.